The van der Waals surface area contributed by atoms with Crippen LogP contribution in [-0.2, 0) is 19.4 Å². The van der Waals surface area contributed by atoms with E-state index in [-0.39, 0.29) is 5.78 Å². The molecule has 0 N–H and O–H groups in total. The predicted octanol–water partition coefficient (Wildman–Crippen LogP) is 3.18. The van der Waals surface area contributed by atoms with Crippen LogP contribution >= 0.6 is 0 Å². The Balaban J connectivity index is 1.29. The maximum atomic E-state index is 12.6. The molecule has 2 aromatic rings. The monoisotopic (exact) mass is 334 g/mol. The average Bonchev–Trinajstić information content (AvgIpc) is 3.12. The van der Waals surface area contributed by atoms with Gasteiger partial charge in [0.25, 0.3) is 0 Å². The highest BCUT2D eigenvalue weighted by molar-refractivity contribution is 5.97. The summed E-state index contributed by atoms with van der Waals surface area (Å²) >= 11 is 0. The summed E-state index contributed by atoms with van der Waals surface area (Å²) < 4.78 is 0. The van der Waals surface area contributed by atoms with E-state index in [1.807, 2.05) is 6.07 Å². The summed E-state index contributed by atoms with van der Waals surface area (Å²) in [5, 5.41) is 0. The first kappa shape index (κ1) is 16.5. The number of hydrogen-bond donors (Lipinski definition) is 0. The normalized spacial score (nSPS) is 18.2. The molecule has 0 saturated carbocycles. The number of nitrogens with zero attached hydrogens (tertiary/aromatic N) is 2. The van der Waals surface area contributed by atoms with Crippen molar-refractivity contribution in [3.63, 3.8) is 0 Å². The maximum absolute atomic E-state index is 12.6. The number of aryl methyl sites for hydroxylation is 2. The summed E-state index contributed by atoms with van der Waals surface area (Å²) in [6.45, 7) is 5.58. The first-order valence-electron chi connectivity index (χ1n) is 9.41. The zero-order valence-electron chi connectivity index (χ0n) is 14.8. The fourth-order valence-electron chi connectivity index (χ4n) is 3.99. The summed E-state index contributed by atoms with van der Waals surface area (Å²) in [5.41, 5.74) is 5.09. The Kier molecular flexibility index (Phi) is 4.95. The van der Waals surface area contributed by atoms with Gasteiger partial charge in [-0.05, 0) is 42.0 Å². The third-order valence-corrected chi connectivity index (χ3v) is 5.50. The smallest absolute Gasteiger partial charge is 0.176 e. The van der Waals surface area contributed by atoms with Crippen molar-refractivity contribution in [2.75, 3.05) is 32.7 Å². The molecule has 1 heterocycles. The lowest BCUT2D eigenvalue weighted by molar-refractivity contribution is 0.0843. The predicted molar refractivity (Wildman–Crippen MR) is 101 cm³/mol. The fraction of sp³-hybridized carbons (Fsp3) is 0.409. The van der Waals surface area contributed by atoms with Gasteiger partial charge in [-0.2, -0.15) is 0 Å². The van der Waals surface area contributed by atoms with Crippen LogP contribution in [0.3, 0.4) is 0 Å². The van der Waals surface area contributed by atoms with Crippen LogP contribution in [-0.4, -0.2) is 48.3 Å². The molecule has 0 bridgehead atoms. The van der Waals surface area contributed by atoms with Crippen molar-refractivity contribution in [1.82, 2.24) is 9.80 Å². The molecule has 0 aromatic heterocycles. The Bertz CT molecular complexity index is 733. The van der Waals surface area contributed by atoms with E-state index in [0.717, 1.165) is 44.7 Å². The number of benzene rings is 2. The molecule has 0 spiro atoms. The van der Waals surface area contributed by atoms with Gasteiger partial charge in [0.1, 0.15) is 0 Å². The minimum Gasteiger partial charge on any atom is -0.297 e. The first-order valence-corrected chi connectivity index (χ1v) is 9.41. The van der Waals surface area contributed by atoms with Gasteiger partial charge in [-0.15, -0.1) is 0 Å². The van der Waals surface area contributed by atoms with Crippen molar-refractivity contribution in [2.24, 2.45) is 0 Å². The number of ketones is 1. The average molecular weight is 334 g/mol. The van der Waals surface area contributed by atoms with E-state index in [0.29, 0.717) is 6.54 Å². The molecule has 0 unspecified atom stereocenters. The molecule has 1 saturated heterocycles. The van der Waals surface area contributed by atoms with Crippen LogP contribution < -0.4 is 0 Å². The van der Waals surface area contributed by atoms with Crippen molar-refractivity contribution in [3.05, 3.63) is 70.8 Å². The third kappa shape index (κ3) is 4.00. The topological polar surface area (TPSA) is 23.6 Å². The molecule has 25 heavy (non-hydrogen) atoms. The van der Waals surface area contributed by atoms with Gasteiger partial charge in [-0.3, -0.25) is 14.6 Å². The van der Waals surface area contributed by atoms with E-state index in [4.69, 9.17) is 0 Å². The molecule has 1 fully saturated rings. The Morgan fingerprint density at radius 1 is 0.840 bits per heavy atom. The summed E-state index contributed by atoms with van der Waals surface area (Å²) in [6.07, 6.45) is 3.54. The van der Waals surface area contributed by atoms with Crippen molar-refractivity contribution in [1.29, 1.82) is 0 Å². The highest BCUT2D eigenvalue weighted by Gasteiger charge is 2.20. The van der Waals surface area contributed by atoms with Crippen LogP contribution in [0.25, 0.3) is 0 Å². The van der Waals surface area contributed by atoms with E-state index >= 15 is 0 Å². The standard InChI is InChI=1S/C22H26N2O/c25-22(21-10-9-19-7-4-8-20(19)15-21)17-24-13-11-23(12-14-24)16-18-5-2-1-3-6-18/h1-3,5-6,9-10,15H,4,7-8,11-14,16-17H2. The molecule has 3 heteroatoms. The number of carbonyl (C=O) groups is 1. The Morgan fingerprint density at radius 2 is 1.56 bits per heavy atom. The lowest BCUT2D eigenvalue weighted by Crippen LogP contribution is -2.47. The molecular weight excluding hydrogens is 308 g/mol. The largest absolute Gasteiger partial charge is 0.297 e. The zero-order chi connectivity index (χ0) is 17.1. The summed E-state index contributed by atoms with van der Waals surface area (Å²) in [6, 6.07) is 16.9. The Labute approximate surface area is 150 Å². The number of hydrogen-bond acceptors (Lipinski definition) is 3. The zero-order valence-corrected chi connectivity index (χ0v) is 14.8. The quantitative estimate of drug-likeness (QED) is 0.785. The number of carbonyl (C=O) groups excluding carboxylic acids is 1. The van der Waals surface area contributed by atoms with Crippen molar-refractivity contribution in [3.8, 4) is 0 Å². The third-order valence-electron chi connectivity index (χ3n) is 5.50. The lowest BCUT2D eigenvalue weighted by Gasteiger charge is -2.34. The molecule has 0 radical (unpaired) electrons. The molecule has 2 aromatic carbocycles. The van der Waals surface area contributed by atoms with Gasteiger partial charge in [-0.25, -0.2) is 0 Å². The summed E-state index contributed by atoms with van der Waals surface area (Å²) in [5.74, 6) is 0.270. The lowest BCUT2D eigenvalue weighted by atomic mass is 10.0. The highest BCUT2D eigenvalue weighted by atomic mass is 16.1. The van der Waals surface area contributed by atoms with Gasteiger partial charge in [0.15, 0.2) is 5.78 Å². The fourth-order valence-corrected chi connectivity index (χ4v) is 3.99. The van der Waals surface area contributed by atoms with E-state index < -0.39 is 0 Å². The van der Waals surface area contributed by atoms with Gasteiger partial charge >= 0.3 is 0 Å². The van der Waals surface area contributed by atoms with E-state index in [1.165, 1.54) is 29.5 Å². The molecule has 0 amide bonds. The molecule has 0 atom stereocenters. The minimum absolute atomic E-state index is 0.270. The molecule has 4 rings (SSSR count). The molecule has 2 aliphatic rings. The van der Waals surface area contributed by atoms with Crippen LogP contribution in [0.15, 0.2) is 48.5 Å². The maximum Gasteiger partial charge on any atom is 0.176 e. The van der Waals surface area contributed by atoms with Crippen molar-refractivity contribution >= 4 is 5.78 Å². The highest BCUT2D eigenvalue weighted by Crippen LogP contribution is 2.23. The van der Waals surface area contributed by atoms with Gasteiger partial charge in [0.2, 0.25) is 0 Å². The van der Waals surface area contributed by atoms with Gasteiger partial charge < -0.3 is 0 Å². The van der Waals surface area contributed by atoms with Crippen LogP contribution in [0.5, 0.6) is 0 Å². The summed E-state index contributed by atoms with van der Waals surface area (Å²) in [7, 11) is 0. The first-order chi connectivity index (χ1) is 12.3. The number of rotatable bonds is 5. The minimum atomic E-state index is 0.270. The molecule has 1 aliphatic heterocycles. The van der Waals surface area contributed by atoms with Crippen LogP contribution in [0.4, 0.5) is 0 Å². The van der Waals surface area contributed by atoms with Gasteiger partial charge in [0.05, 0.1) is 6.54 Å². The number of fused-ring (bicyclic) bond motifs is 1. The Morgan fingerprint density at radius 3 is 2.36 bits per heavy atom. The molecule has 3 nitrogen and oxygen atoms in total. The van der Waals surface area contributed by atoms with Crippen LogP contribution in [0.1, 0.15) is 33.5 Å². The molecule has 130 valence electrons. The van der Waals surface area contributed by atoms with Crippen molar-refractivity contribution < 1.29 is 4.79 Å². The summed E-state index contributed by atoms with van der Waals surface area (Å²) in [4.78, 5) is 17.4. The van der Waals surface area contributed by atoms with E-state index in [1.54, 1.807) is 0 Å². The molecular formula is C22H26N2O. The SMILES string of the molecule is O=C(CN1CCN(Cc2ccccc2)CC1)c1ccc2c(c1)CCC2. The molecule has 1 aliphatic carbocycles. The van der Waals surface area contributed by atoms with Crippen LogP contribution in [0, 0.1) is 0 Å². The van der Waals surface area contributed by atoms with Gasteiger partial charge in [-0.1, -0.05) is 42.5 Å². The van der Waals surface area contributed by atoms with E-state index in [2.05, 4.69) is 52.3 Å². The van der Waals surface area contributed by atoms with Crippen molar-refractivity contribution in [2.45, 2.75) is 25.8 Å². The van der Waals surface area contributed by atoms with Gasteiger partial charge in [0, 0.05) is 38.3 Å². The number of piperazine rings is 1. The Hall–Kier alpha value is -1.97. The van der Waals surface area contributed by atoms with Crippen LogP contribution in [0.2, 0.25) is 0 Å². The second-order valence-electron chi connectivity index (χ2n) is 7.30. The van der Waals surface area contributed by atoms with E-state index in [9.17, 15) is 4.79 Å². The second kappa shape index (κ2) is 7.51. The number of Topliss-reactive ketones (excluding diaryl/α,β-unsaturated/α-hetero) is 1. The second-order valence-corrected chi connectivity index (χ2v) is 7.30.